The average molecular weight is 222 g/mol. The van der Waals surface area contributed by atoms with Gasteiger partial charge in [-0.2, -0.15) is 0 Å². The van der Waals surface area contributed by atoms with Gasteiger partial charge in [0.05, 0.1) is 19.3 Å². The van der Waals surface area contributed by atoms with Gasteiger partial charge in [0.2, 0.25) is 0 Å². The van der Waals surface area contributed by atoms with Crippen LogP contribution < -0.4 is 10.1 Å². The van der Waals surface area contributed by atoms with E-state index in [1.165, 1.54) is 0 Å². The summed E-state index contributed by atoms with van der Waals surface area (Å²) in [6, 6.07) is 7.86. The average Bonchev–Trinajstić information content (AvgIpc) is 2.65. The van der Waals surface area contributed by atoms with E-state index < -0.39 is 0 Å². The second-order valence-corrected chi connectivity index (χ2v) is 4.83. The number of nitrogens with one attached hydrogen (secondary N) is 1. The van der Waals surface area contributed by atoms with Crippen molar-refractivity contribution in [2.45, 2.75) is 12.2 Å². The van der Waals surface area contributed by atoms with Crippen LogP contribution in [0.25, 0.3) is 0 Å². The van der Waals surface area contributed by atoms with E-state index >= 15 is 0 Å². The molecule has 15 heavy (non-hydrogen) atoms. The highest BCUT2D eigenvalue weighted by molar-refractivity contribution is 8.15. The highest BCUT2D eigenvalue weighted by atomic mass is 32.2. The first-order chi connectivity index (χ1) is 7.29. The van der Waals surface area contributed by atoms with Crippen LogP contribution in [0.2, 0.25) is 0 Å². The molecule has 2 rings (SSSR count). The number of anilines is 1. The molecule has 1 aliphatic heterocycles. The highest BCUT2D eigenvalue weighted by Gasteiger charge is 2.15. The van der Waals surface area contributed by atoms with E-state index in [-0.39, 0.29) is 0 Å². The number of hydrogen-bond donors (Lipinski definition) is 1. The molecule has 1 N–H and O–H groups in total. The van der Waals surface area contributed by atoms with Crippen molar-refractivity contribution in [3.8, 4) is 5.75 Å². The van der Waals surface area contributed by atoms with Gasteiger partial charge >= 0.3 is 0 Å². The summed E-state index contributed by atoms with van der Waals surface area (Å²) in [5.74, 6) is 0.848. The molecular formula is C11H14N2OS. The van der Waals surface area contributed by atoms with Crippen LogP contribution in [0.3, 0.4) is 0 Å². The van der Waals surface area contributed by atoms with E-state index in [9.17, 15) is 0 Å². The van der Waals surface area contributed by atoms with Crippen LogP contribution in [0, 0.1) is 0 Å². The maximum atomic E-state index is 5.26. The van der Waals surface area contributed by atoms with E-state index in [0.717, 1.165) is 23.1 Å². The predicted molar refractivity (Wildman–Crippen MR) is 66.0 cm³/mol. The first-order valence-corrected chi connectivity index (χ1v) is 5.78. The fourth-order valence-corrected chi connectivity index (χ4v) is 2.26. The Bertz CT molecular complexity index is 379. The molecule has 0 spiro atoms. The minimum absolute atomic E-state index is 0.571. The lowest BCUT2D eigenvalue weighted by atomic mass is 10.3. The topological polar surface area (TPSA) is 33.6 Å². The second-order valence-electron chi connectivity index (χ2n) is 3.40. The Morgan fingerprint density at radius 1 is 1.47 bits per heavy atom. The van der Waals surface area contributed by atoms with Crippen LogP contribution in [-0.4, -0.2) is 24.1 Å². The third-order valence-corrected chi connectivity index (χ3v) is 3.16. The van der Waals surface area contributed by atoms with E-state index in [1.54, 1.807) is 18.9 Å². The van der Waals surface area contributed by atoms with Gasteiger partial charge in [-0.15, -0.1) is 0 Å². The molecule has 80 valence electrons. The Kier molecular flexibility index (Phi) is 3.16. The van der Waals surface area contributed by atoms with Crippen LogP contribution in [0.4, 0.5) is 5.69 Å². The summed E-state index contributed by atoms with van der Waals surface area (Å²) >= 11 is 1.76. The zero-order valence-corrected chi connectivity index (χ0v) is 9.67. The molecular weight excluding hydrogens is 208 g/mol. The number of aliphatic imine (C=N–C) groups is 1. The molecule has 0 bridgehead atoms. The third-order valence-electron chi connectivity index (χ3n) is 2.15. The van der Waals surface area contributed by atoms with E-state index in [4.69, 9.17) is 4.74 Å². The minimum atomic E-state index is 0.571. The van der Waals surface area contributed by atoms with Crippen molar-refractivity contribution in [3.63, 3.8) is 0 Å². The van der Waals surface area contributed by atoms with Gasteiger partial charge < -0.3 is 10.1 Å². The zero-order chi connectivity index (χ0) is 10.7. The van der Waals surface area contributed by atoms with Crippen LogP contribution in [0.1, 0.15) is 6.92 Å². The van der Waals surface area contributed by atoms with Gasteiger partial charge in [0.25, 0.3) is 0 Å². The number of benzene rings is 1. The molecule has 1 aromatic carbocycles. The van der Waals surface area contributed by atoms with Crippen molar-refractivity contribution < 1.29 is 4.74 Å². The normalized spacial score (nSPS) is 19.9. The van der Waals surface area contributed by atoms with E-state index in [2.05, 4.69) is 17.2 Å². The van der Waals surface area contributed by atoms with Crippen molar-refractivity contribution in [2.75, 3.05) is 19.0 Å². The number of rotatable bonds is 2. The quantitative estimate of drug-likeness (QED) is 0.835. The van der Waals surface area contributed by atoms with Crippen molar-refractivity contribution in [3.05, 3.63) is 24.3 Å². The molecule has 1 aliphatic rings. The Morgan fingerprint density at radius 2 is 2.27 bits per heavy atom. The van der Waals surface area contributed by atoms with E-state index in [1.807, 2.05) is 24.3 Å². The lowest BCUT2D eigenvalue weighted by Gasteiger charge is -2.10. The number of thioether (sulfide) groups is 1. The summed E-state index contributed by atoms with van der Waals surface area (Å²) < 4.78 is 5.26. The molecule has 0 amide bonds. The van der Waals surface area contributed by atoms with Crippen molar-refractivity contribution in [2.24, 2.45) is 4.99 Å². The molecule has 0 fully saturated rings. The molecule has 0 saturated carbocycles. The summed E-state index contributed by atoms with van der Waals surface area (Å²) in [6.45, 7) is 3.06. The molecule has 0 saturated heterocycles. The van der Waals surface area contributed by atoms with Crippen LogP contribution >= 0.6 is 11.8 Å². The molecule has 0 radical (unpaired) electrons. The number of nitrogens with zero attached hydrogens (tertiary/aromatic N) is 1. The van der Waals surface area contributed by atoms with Gasteiger partial charge in [0.15, 0.2) is 5.17 Å². The smallest absolute Gasteiger partial charge is 0.161 e. The largest absolute Gasteiger partial charge is 0.495 e. The SMILES string of the molecule is COc1ccccc1NC1=NC[C@@H](C)S1. The van der Waals surface area contributed by atoms with Crippen molar-refractivity contribution >= 4 is 22.6 Å². The van der Waals surface area contributed by atoms with Gasteiger partial charge in [0.1, 0.15) is 5.75 Å². The summed E-state index contributed by atoms with van der Waals surface area (Å²) in [4.78, 5) is 4.40. The van der Waals surface area contributed by atoms with Gasteiger partial charge in [-0.3, -0.25) is 4.99 Å². The molecule has 0 unspecified atom stereocenters. The maximum Gasteiger partial charge on any atom is 0.161 e. The standard InChI is InChI=1S/C11H14N2OS/c1-8-7-12-11(15-8)13-9-5-3-4-6-10(9)14-2/h3-6,8H,7H2,1-2H3,(H,12,13)/t8-/m1/s1. The summed E-state index contributed by atoms with van der Waals surface area (Å²) in [6.07, 6.45) is 0. The molecule has 3 nitrogen and oxygen atoms in total. The molecule has 4 heteroatoms. The number of hydrogen-bond acceptors (Lipinski definition) is 4. The number of ether oxygens (including phenoxy) is 1. The molecule has 1 aromatic rings. The molecule has 1 heterocycles. The Balaban J connectivity index is 2.10. The predicted octanol–water partition coefficient (Wildman–Crippen LogP) is 2.60. The van der Waals surface area contributed by atoms with Gasteiger partial charge in [-0.1, -0.05) is 30.8 Å². The summed E-state index contributed by atoms with van der Waals surface area (Å²) in [5, 5.41) is 4.83. The number of amidine groups is 1. The lowest BCUT2D eigenvalue weighted by molar-refractivity contribution is 0.417. The third kappa shape index (κ3) is 2.45. The first kappa shape index (κ1) is 10.4. The Hall–Kier alpha value is -1.16. The Morgan fingerprint density at radius 3 is 2.93 bits per heavy atom. The summed E-state index contributed by atoms with van der Waals surface area (Å²) in [5.41, 5.74) is 0.973. The van der Waals surface area contributed by atoms with Crippen molar-refractivity contribution in [1.82, 2.24) is 0 Å². The van der Waals surface area contributed by atoms with Crippen LogP contribution in [0.5, 0.6) is 5.75 Å². The summed E-state index contributed by atoms with van der Waals surface area (Å²) in [7, 11) is 1.67. The lowest BCUT2D eigenvalue weighted by Crippen LogP contribution is -2.06. The second kappa shape index (κ2) is 4.57. The molecule has 0 aliphatic carbocycles. The van der Waals surface area contributed by atoms with Crippen molar-refractivity contribution in [1.29, 1.82) is 0 Å². The molecule has 0 aromatic heterocycles. The van der Waals surface area contributed by atoms with Crippen LogP contribution in [0.15, 0.2) is 29.3 Å². The zero-order valence-electron chi connectivity index (χ0n) is 8.86. The van der Waals surface area contributed by atoms with Gasteiger partial charge in [-0.25, -0.2) is 0 Å². The monoisotopic (exact) mass is 222 g/mol. The van der Waals surface area contributed by atoms with Gasteiger partial charge in [0, 0.05) is 5.25 Å². The first-order valence-electron chi connectivity index (χ1n) is 4.90. The number of methoxy groups -OCH3 is 1. The van der Waals surface area contributed by atoms with Gasteiger partial charge in [-0.05, 0) is 12.1 Å². The number of para-hydroxylation sites is 2. The maximum absolute atomic E-state index is 5.26. The highest BCUT2D eigenvalue weighted by Crippen LogP contribution is 2.27. The fourth-order valence-electron chi connectivity index (χ4n) is 1.41. The Labute approximate surface area is 93.9 Å². The van der Waals surface area contributed by atoms with Crippen LogP contribution in [-0.2, 0) is 0 Å². The minimum Gasteiger partial charge on any atom is -0.495 e. The molecule has 1 atom stereocenters. The van der Waals surface area contributed by atoms with E-state index in [0.29, 0.717) is 5.25 Å². The fraction of sp³-hybridized carbons (Fsp3) is 0.364.